The maximum atomic E-state index is 13.6. The second kappa shape index (κ2) is 8.60. The summed E-state index contributed by atoms with van der Waals surface area (Å²) >= 11 is 5.93. The van der Waals surface area contributed by atoms with Crippen LogP contribution in [-0.4, -0.2) is 24.0 Å². The molecular formula is C19H13ClF5N3O. The van der Waals surface area contributed by atoms with Crippen molar-refractivity contribution < 1.29 is 26.7 Å². The molecule has 0 saturated carbocycles. The van der Waals surface area contributed by atoms with Gasteiger partial charge in [-0.2, -0.15) is 0 Å². The molecule has 10 heteroatoms. The molecule has 0 bridgehead atoms. The summed E-state index contributed by atoms with van der Waals surface area (Å²) in [6.07, 6.45) is 1.91. The normalized spacial score (nSPS) is 11.0. The first kappa shape index (κ1) is 20.8. The fourth-order valence-corrected chi connectivity index (χ4v) is 2.85. The fraction of sp³-hybridized carbons (Fsp3) is 0.158. The minimum atomic E-state index is -2.31. The van der Waals surface area contributed by atoms with Crippen molar-refractivity contribution >= 4 is 34.1 Å². The average Bonchev–Trinajstić information content (AvgIpc) is 2.70. The number of fused-ring (bicyclic) bond motifs is 1. The number of hydrogen-bond acceptors (Lipinski definition) is 3. The summed E-state index contributed by atoms with van der Waals surface area (Å²) in [5, 5.41) is 6.62. The van der Waals surface area contributed by atoms with E-state index in [2.05, 4.69) is 15.6 Å². The van der Waals surface area contributed by atoms with Crippen molar-refractivity contribution in [2.75, 3.05) is 18.4 Å². The number of aromatic nitrogens is 1. The zero-order valence-corrected chi connectivity index (χ0v) is 15.4. The Balaban J connectivity index is 1.59. The summed E-state index contributed by atoms with van der Waals surface area (Å²) in [4.78, 5) is 16.1. The predicted molar refractivity (Wildman–Crippen MR) is 98.4 cm³/mol. The molecule has 0 fully saturated rings. The van der Waals surface area contributed by atoms with Crippen LogP contribution in [0.5, 0.6) is 0 Å². The van der Waals surface area contributed by atoms with Crippen LogP contribution in [0.4, 0.5) is 27.6 Å². The van der Waals surface area contributed by atoms with Crippen molar-refractivity contribution in [3.8, 4) is 0 Å². The molecule has 1 aromatic heterocycles. The van der Waals surface area contributed by atoms with E-state index in [1.165, 1.54) is 0 Å². The number of hydrogen-bond donors (Lipinski definition) is 2. The molecule has 0 aliphatic heterocycles. The van der Waals surface area contributed by atoms with Gasteiger partial charge in [0.05, 0.1) is 5.52 Å². The lowest BCUT2D eigenvalue weighted by Gasteiger charge is -2.11. The van der Waals surface area contributed by atoms with Crippen molar-refractivity contribution in [1.82, 2.24) is 10.3 Å². The Labute approximate surface area is 166 Å². The van der Waals surface area contributed by atoms with E-state index in [1.807, 2.05) is 0 Å². The summed E-state index contributed by atoms with van der Waals surface area (Å²) < 4.78 is 66.6. The minimum absolute atomic E-state index is 0.0554. The highest BCUT2D eigenvalue weighted by Crippen LogP contribution is 2.25. The standard InChI is InChI=1S/C19H13ClF5N3O/c20-9-2-3-10-11(4-7-27-12(10)8-9)26-5-1-6-28-19(29)13-14(21)16(23)18(25)17(24)15(13)22/h2-4,7-8H,1,5-6H2,(H,26,27)(H,28,29). The third kappa shape index (κ3) is 4.24. The number of nitrogens with one attached hydrogen (secondary N) is 2. The van der Waals surface area contributed by atoms with Crippen LogP contribution < -0.4 is 10.6 Å². The number of carbonyl (C=O) groups is 1. The molecule has 0 aliphatic rings. The molecule has 29 heavy (non-hydrogen) atoms. The maximum absolute atomic E-state index is 13.6. The quantitative estimate of drug-likeness (QED) is 0.256. The molecule has 0 spiro atoms. The Kier molecular flexibility index (Phi) is 6.17. The van der Waals surface area contributed by atoms with Gasteiger partial charge in [0.15, 0.2) is 23.3 Å². The van der Waals surface area contributed by atoms with Gasteiger partial charge in [0.25, 0.3) is 5.91 Å². The third-order valence-electron chi connectivity index (χ3n) is 4.10. The van der Waals surface area contributed by atoms with E-state index in [0.717, 1.165) is 11.1 Å². The molecule has 1 heterocycles. The highest BCUT2D eigenvalue weighted by Gasteiger charge is 2.29. The second-order valence-corrected chi connectivity index (χ2v) is 6.44. The van der Waals surface area contributed by atoms with Crippen molar-refractivity contribution in [3.05, 3.63) is 70.1 Å². The zero-order chi connectivity index (χ0) is 21.1. The van der Waals surface area contributed by atoms with Gasteiger partial charge in [-0.15, -0.1) is 0 Å². The number of amides is 1. The van der Waals surface area contributed by atoms with Gasteiger partial charge >= 0.3 is 0 Å². The van der Waals surface area contributed by atoms with Crippen molar-refractivity contribution in [2.24, 2.45) is 0 Å². The van der Waals surface area contributed by atoms with E-state index in [1.54, 1.807) is 30.5 Å². The Morgan fingerprint density at radius 3 is 2.28 bits per heavy atom. The Morgan fingerprint density at radius 1 is 0.931 bits per heavy atom. The number of carbonyl (C=O) groups excluding carboxylic acids is 1. The number of halogens is 6. The molecule has 0 saturated heterocycles. The molecule has 0 aliphatic carbocycles. The van der Waals surface area contributed by atoms with Crippen LogP contribution in [0.3, 0.4) is 0 Å². The molecule has 2 aromatic carbocycles. The number of anilines is 1. The summed E-state index contributed by atoms with van der Waals surface area (Å²) in [7, 11) is 0. The van der Waals surface area contributed by atoms with Crippen LogP contribution in [0, 0.1) is 29.1 Å². The highest BCUT2D eigenvalue weighted by molar-refractivity contribution is 6.31. The second-order valence-electron chi connectivity index (χ2n) is 6.00. The number of benzene rings is 2. The first-order chi connectivity index (χ1) is 13.8. The predicted octanol–water partition coefficient (Wildman–Crippen LogP) is 4.82. The summed E-state index contributed by atoms with van der Waals surface area (Å²) in [6.45, 7) is 0.305. The number of rotatable bonds is 6. The van der Waals surface area contributed by atoms with E-state index in [4.69, 9.17) is 11.6 Å². The fourth-order valence-electron chi connectivity index (χ4n) is 2.68. The third-order valence-corrected chi connectivity index (χ3v) is 4.33. The molecule has 4 nitrogen and oxygen atoms in total. The van der Waals surface area contributed by atoms with Crippen LogP contribution in [0.2, 0.25) is 5.02 Å². The SMILES string of the molecule is O=C(NCCCNc1ccnc2cc(Cl)ccc12)c1c(F)c(F)c(F)c(F)c1F. The molecule has 1 amide bonds. The molecule has 152 valence electrons. The lowest BCUT2D eigenvalue weighted by atomic mass is 10.1. The van der Waals surface area contributed by atoms with Crippen LogP contribution in [0.15, 0.2) is 30.5 Å². The number of pyridine rings is 1. The minimum Gasteiger partial charge on any atom is -0.384 e. The van der Waals surface area contributed by atoms with Gasteiger partial charge in [-0.3, -0.25) is 9.78 Å². The Hall–Kier alpha value is -2.94. The van der Waals surface area contributed by atoms with Crippen molar-refractivity contribution in [2.45, 2.75) is 6.42 Å². The topological polar surface area (TPSA) is 54.0 Å². The smallest absolute Gasteiger partial charge is 0.257 e. The molecular weight excluding hydrogens is 417 g/mol. The Morgan fingerprint density at radius 2 is 1.59 bits per heavy atom. The van der Waals surface area contributed by atoms with E-state index < -0.39 is 40.6 Å². The molecule has 0 atom stereocenters. The van der Waals surface area contributed by atoms with Gasteiger partial charge in [-0.25, -0.2) is 22.0 Å². The first-order valence-electron chi connectivity index (χ1n) is 8.39. The van der Waals surface area contributed by atoms with E-state index in [-0.39, 0.29) is 6.54 Å². The Bertz CT molecular complexity index is 1060. The van der Waals surface area contributed by atoms with Crippen LogP contribution in [0.25, 0.3) is 10.9 Å². The van der Waals surface area contributed by atoms with Crippen molar-refractivity contribution in [1.29, 1.82) is 0 Å². The molecule has 3 aromatic rings. The van der Waals surface area contributed by atoms with Crippen LogP contribution >= 0.6 is 11.6 Å². The van der Waals surface area contributed by atoms with E-state index >= 15 is 0 Å². The van der Waals surface area contributed by atoms with E-state index in [9.17, 15) is 26.7 Å². The van der Waals surface area contributed by atoms with Gasteiger partial charge < -0.3 is 10.6 Å². The zero-order valence-electron chi connectivity index (χ0n) is 14.6. The maximum Gasteiger partial charge on any atom is 0.257 e. The monoisotopic (exact) mass is 429 g/mol. The van der Waals surface area contributed by atoms with E-state index in [0.29, 0.717) is 23.5 Å². The van der Waals surface area contributed by atoms with Crippen LogP contribution in [0.1, 0.15) is 16.8 Å². The molecule has 0 unspecified atom stereocenters. The highest BCUT2D eigenvalue weighted by atomic mass is 35.5. The van der Waals surface area contributed by atoms with Gasteiger partial charge in [-0.05, 0) is 30.7 Å². The molecule has 0 radical (unpaired) electrons. The summed E-state index contributed by atoms with van der Waals surface area (Å²) in [5.41, 5.74) is -0.0637. The van der Waals surface area contributed by atoms with Gasteiger partial charge in [-0.1, -0.05) is 11.6 Å². The van der Waals surface area contributed by atoms with Crippen LogP contribution in [-0.2, 0) is 0 Å². The summed E-state index contributed by atoms with van der Waals surface area (Å²) in [6, 6.07) is 6.94. The van der Waals surface area contributed by atoms with Gasteiger partial charge in [0.2, 0.25) is 5.82 Å². The molecule has 2 N–H and O–H groups in total. The average molecular weight is 430 g/mol. The first-order valence-corrected chi connectivity index (χ1v) is 8.76. The number of nitrogens with zero attached hydrogens (tertiary/aromatic N) is 1. The molecule has 3 rings (SSSR count). The largest absolute Gasteiger partial charge is 0.384 e. The van der Waals surface area contributed by atoms with Gasteiger partial charge in [0.1, 0.15) is 5.56 Å². The van der Waals surface area contributed by atoms with Gasteiger partial charge in [0, 0.05) is 35.4 Å². The lowest BCUT2D eigenvalue weighted by Crippen LogP contribution is -2.28. The summed E-state index contributed by atoms with van der Waals surface area (Å²) in [5.74, 6) is -12.4. The lowest BCUT2D eigenvalue weighted by molar-refractivity contribution is 0.0942. The van der Waals surface area contributed by atoms with Crippen molar-refractivity contribution in [3.63, 3.8) is 0 Å².